The lowest BCUT2D eigenvalue weighted by Crippen LogP contribution is -2.47. The number of hydrogen-bond acceptors (Lipinski definition) is 4. The number of fused-ring (bicyclic) bond motifs is 1. The van der Waals surface area contributed by atoms with Crippen molar-refractivity contribution in [3.8, 4) is 0 Å². The molecule has 0 saturated carbocycles. The highest BCUT2D eigenvalue weighted by molar-refractivity contribution is 6.30. The fourth-order valence-electron chi connectivity index (χ4n) is 4.12. The molecular formula is C18H28ClN3O2. The van der Waals surface area contributed by atoms with Gasteiger partial charge in [-0.1, -0.05) is 24.6 Å². The SMILES string of the molecule is CCCN1CCN(CCCN2C(=O)C3CC=C(Cl)CC3C2=O)CC1. The van der Waals surface area contributed by atoms with Crippen LogP contribution in [0.2, 0.25) is 0 Å². The van der Waals surface area contributed by atoms with E-state index in [1.165, 1.54) is 17.9 Å². The third-order valence-electron chi connectivity index (χ3n) is 5.52. The van der Waals surface area contributed by atoms with E-state index in [0.717, 1.165) is 44.2 Å². The summed E-state index contributed by atoms with van der Waals surface area (Å²) in [6.07, 6.45) is 5.12. The van der Waals surface area contributed by atoms with Gasteiger partial charge in [-0.3, -0.25) is 14.5 Å². The van der Waals surface area contributed by atoms with E-state index in [4.69, 9.17) is 11.6 Å². The van der Waals surface area contributed by atoms with Gasteiger partial charge >= 0.3 is 0 Å². The van der Waals surface area contributed by atoms with Gasteiger partial charge < -0.3 is 9.80 Å². The maximum Gasteiger partial charge on any atom is 0.233 e. The van der Waals surface area contributed by atoms with Crippen LogP contribution in [0.3, 0.4) is 0 Å². The van der Waals surface area contributed by atoms with Crippen LogP contribution >= 0.6 is 11.6 Å². The van der Waals surface area contributed by atoms with Gasteiger partial charge in [0.05, 0.1) is 11.8 Å². The lowest BCUT2D eigenvalue weighted by molar-refractivity contribution is -0.140. The number of carbonyl (C=O) groups is 2. The Labute approximate surface area is 149 Å². The zero-order valence-corrected chi connectivity index (χ0v) is 15.3. The van der Waals surface area contributed by atoms with Gasteiger partial charge in [0.2, 0.25) is 11.8 Å². The van der Waals surface area contributed by atoms with E-state index < -0.39 is 0 Å². The van der Waals surface area contributed by atoms with Gasteiger partial charge in [0, 0.05) is 37.8 Å². The Morgan fingerprint density at radius 1 is 1.00 bits per heavy atom. The van der Waals surface area contributed by atoms with E-state index >= 15 is 0 Å². The largest absolute Gasteiger partial charge is 0.301 e. The number of hydrogen-bond donors (Lipinski definition) is 0. The van der Waals surface area contributed by atoms with Crippen molar-refractivity contribution in [2.75, 3.05) is 45.8 Å². The normalized spacial score (nSPS) is 29.1. The first kappa shape index (κ1) is 17.9. The lowest BCUT2D eigenvalue weighted by atomic mass is 9.85. The van der Waals surface area contributed by atoms with Gasteiger partial charge in [0.1, 0.15) is 0 Å². The van der Waals surface area contributed by atoms with E-state index in [-0.39, 0.29) is 23.7 Å². The molecule has 134 valence electrons. The van der Waals surface area contributed by atoms with Gasteiger partial charge in [-0.15, -0.1) is 0 Å². The van der Waals surface area contributed by atoms with Crippen LogP contribution in [0.4, 0.5) is 0 Å². The summed E-state index contributed by atoms with van der Waals surface area (Å²) in [6.45, 7) is 9.36. The maximum absolute atomic E-state index is 12.5. The molecule has 2 heterocycles. The monoisotopic (exact) mass is 353 g/mol. The summed E-state index contributed by atoms with van der Waals surface area (Å²) >= 11 is 6.05. The summed E-state index contributed by atoms with van der Waals surface area (Å²) in [5.74, 6) is -0.382. The Kier molecular flexibility index (Phi) is 5.95. The Hall–Kier alpha value is -0.910. The van der Waals surface area contributed by atoms with Crippen LogP contribution in [-0.4, -0.2) is 72.3 Å². The van der Waals surface area contributed by atoms with E-state index in [2.05, 4.69) is 16.7 Å². The predicted molar refractivity (Wildman–Crippen MR) is 94.7 cm³/mol. The fourth-order valence-corrected chi connectivity index (χ4v) is 4.38. The van der Waals surface area contributed by atoms with E-state index in [0.29, 0.717) is 19.4 Å². The molecule has 2 fully saturated rings. The van der Waals surface area contributed by atoms with E-state index in [1.54, 1.807) is 0 Å². The molecule has 0 bridgehead atoms. The molecule has 0 N–H and O–H groups in total. The molecule has 0 aromatic carbocycles. The lowest BCUT2D eigenvalue weighted by Gasteiger charge is -2.34. The van der Waals surface area contributed by atoms with Crippen LogP contribution in [0.1, 0.15) is 32.6 Å². The van der Waals surface area contributed by atoms with Crippen molar-refractivity contribution in [1.29, 1.82) is 0 Å². The maximum atomic E-state index is 12.5. The highest BCUT2D eigenvalue weighted by Gasteiger charge is 2.47. The smallest absolute Gasteiger partial charge is 0.233 e. The number of rotatable bonds is 6. The third kappa shape index (κ3) is 3.84. The topological polar surface area (TPSA) is 43.9 Å². The second kappa shape index (κ2) is 7.98. The predicted octanol–water partition coefficient (Wildman–Crippen LogP) is 1.92. The van der Waals surface area contributed by atoms with Crippen molar-refractivity contribution < 1.29 is 9.59 Å². The minimum absolute atomic E-state index is 0.0102. The summed E-state index contributed by atoms with van der Waals surface area (Å²) in [7, 11) is 0. The zero-order chi connectivity index (χ0) is 17.1. The summed E-state index contributed by atoms with van der Waals surface area (Å²) in [4.78, 5) is 31.4. The molecule has 3 rings (SSSR count). The van der Waals surface area contributed by atoms with Gasteiger partial charge in [0.15, 0.2) is 0 Å². The summed E-state index contributed by atoms with van der Waals surface area (Å²) in [6, 6.07) is 0. The van der Waals surface area contributed by atoms with E-state index in [1.807, 2.05) is 6.08 Å². The van der Waals surface area contributed by atoms with Gasteiger partial charge in [0.25, 0.3) is 0 Å². The van der Waals surface area contributed by atoms with Crippen LogP contribution in [0, 0.1) is 11.8 Å². The molecule has 0 aromatic rings. The van der Waals surface area contributed by atoms with Gasteiger partial charge in [-0.05, 0) is 38.8 Å². The van der Waals surface area contributed by atoms with Crippen molar-refractivity contribution in [3.05, 3.63) is 11.1 Å². The molecule has 6 heteroatoms. The van der Waals surface area contributed by atoms with Crippen molar-refractivity contribution in [2.24, 2.45) is 11.8 Å². The van der Waals surface area contributed by atoms with Crippen molar-refractivity contribution in [2.45, 2.75) is 32.6 Å². The second-order valence-electron chi connectivity index (χ2n) is 7.17. The van der Waals surface area contributed by atoms with Crippen molar-refractivity contribution in [3.63, 3.8) is 0 Å². The van der Waals surface area contributed by atoms with Crippen LogP contribution < -0.4 is 0 Å². The molecule has 2 saturated heterocycles. The zero-order valence-electron chi connectivity index (χ0n) is 14.5. The molecule has 2 unspecified atom stereocenters. The fraction of sp³-hybridized carbons (Fsp3) is 0.778. The van der Waals surface area contributed by atoms with Gasteiger partial charge in [-0.2, -0.15) is 0 Å². The first-order valence-electron chi connectivity index (χ1n) is 9.24. The molecule has 0 spiro atoms. The average Bonchev–Trinajstić information content (AvgIpc) is 2.81. The number of piperazine rings is 1. The van der Waals surface area contributed by atoms with Crippen LogP contribution in [0.15, 0.2) is 11.1 Å². The number of allylic oxidation sites excluding steroid dienone is 2. The summed E-state index contributed by atoms with van der Waals surface area (Å²) in [5, 5.41) is 0.726. The quantitative estimate of drug-likeness (QED) is 0.684. The molecule has 2 amide bonds. The number of imide groups is 1. The van der Waals surface area contributed by atoms with E-state index in [9.17, 15) is 9.59 Å². The second-order valence-corrected chi connectivity index (χ2v) is 7.65. The Morgan fingerprint density at radius 3 is 2.29 bits per heavy atom. The van der Waals surface area contributed by atoms with Crippen LogP contribution in [-0.2, 0) is 9.59 Å². The summed E-state index contributed by atoms with van der Waals surface area (Å²) < 4.78 is 0. The highest BCUT2D eigenvalue weighted by atomic mass is 35.5. The molecule has 0 aromatic heterocycles. The Balaban J connectivity index is 1.43. The molecule has 24 heavy (non-hydrogen) atoms. The van der Waals surface area contributed by atoms with Crippen LogP contribution in [0.25, 0.3) is 0 Å². The van der Waals surface area contributed by atoms with Gasteiger partial charge in [-0.25, -0.2) is 0 Å². The number of likely N-dealkylation sites (tertiary alicyclic amines) is 1. The molecule has 5 nitrogen and oxygen atoms in total. The highest BCUT2D eigenvalue weighted by Crippen LogP contribution is 2.38. The number of halogens is 1. The Morgan fingerprint density at radius 2 is 1.62 bits per heavy atom. The number of carbonyl (C=O) groups excluding carboxylic acids is 2. The average molecular weight is 354 g/mol. The Bertz CT molecular complexity index is 514. The number of amides is 2. The number of nitrogens with zero attached hydrogens (tertiary/aromatic N) is 3. The molecule has 2 atom stereocenters. The standard InChI is InChI=1S/C18H28ClN3O2/c1-2-6-20-9-11-21(12-10-20)7-3-8-22-17(23)15-5-4-14(19)13-16(15)18(22)24/h4,15-16H,2-3,5-13H2,1H3. The molecule has 2 aliphatic heterocycles. The first-order chi connectivity index (χ1) is 11.6. The molecular weight excluding hydrogens is 326 g/mol. The first-order valence-corrected chi connectivity index (χ1v) is 9.62. The molecule has 0 radical (unpaired) electrons. The minimum atomic E-state index is -0.215. The van der Waals surface area contributed by atoms with Crippen molar-refractivity contribution >= 4 is 23.4 Å². The van der Waals surface area contributed by atoms with Crippen LogP contribution in [0.5, 0.6) is 0 Å². The third-order valence-corrected chi connectivity index (χ3v) is 5.83. The minimum Gasteiger partial charge on any atom is -0.301 e. The molecule has 1 aliphatic carbocycles. The van der Waals surface area contributed by atoms with Crippen molar-refractivity contribution in [1.82, 2.24) is 14.7 Å². The summed E-state index contributed by atoms with van der Waals surface area (Å²) in [5.41, 5.74) is 0. The molecule has 3 aliphatic rings.